The molecule has 0 aliphatic carbocycles. The Labute approximate surface area is 90.8 Å². The normalized spacial score (nSPS) is 11.5. The lowest BCUT2D eigenvalue weighted by Crippen LogP contribution is -1.97. The van der Waals surface area contributed by atoms with Crippen LogP contribution in [0.4, 0.5) is 0 Å². The van der Waals surface area contributed by atoms with Gasteiger partial charge in [-0.2, -0.15) is 10.5 Å². The van der Waals surface area contributed by atoms with Crippen LogP contribution in [0.25, 0.3) is 0 Å². The van der Waals surface area contributed by atoms with Crippen molar-refractivity contribution in [2.75, 3.05) is 0 Å². The Kier molecular flexibility index (Phi) is 3.89. The predicted octanol–water partition coefficient (Wildman–Crippen LogP) is 3.14. The number of benzene rings is 1. The van der Waals surface area contributed by atoms with Crippen molar-refractivity contribution >= 4 is 0 Å². The number of nitriles is 2. The van der Waals surface area contributed by atoms with Crippen LogP contribution in [0.3, 0.4) is 0 Å². The van der Waals surface area contributed by atoms with Crippen LogP contribution < -0.4 is 0 Å². The molecule has 1 unspecified atom stereocenters. The Hall–Kier alpha value is -1.80. The van der Waals surface area contributed by atoms with Crippen molar-refractivity contribution in [3.05, 3.63) is 34.9 Å². The number of hydrogen-bond acceptors (Lipinski definition) is 2. The topological polar surface area (TPSA) is 47.6 Å². The fourth-order valence-electron chi connectivity index (χ4n) is 1.54. The van der Waals surface area contributed by atoms with E-state index in [-0.39, 0.29) is 0 Å². The molecule has 0 radical (unpaired) electrons. The van der Waals surface area contributed by atoms with Crippen LogP contribution in [0.5, 0.6) is 0 Å². The summed E-state index contributed by atoms with van der Waals surface area (Å²) in [7, 11) is 0. The molecule has 1 aromatic carbocycles. The van der Waals surface area contributed by atoms with Gasteiger partial charge < -0.3 is 0 Å². The Morgan fingerprint density at radius 2 is 2.07 bits per heavy atom. The van der Waals surface area contributed by atoms with E-state index >= 15 is 0 Å². The van der Waals surface area contributed by atoms with Crippen LogP contribution in [0.1, 0.15) is 42.9 Å². The first-order valence-electron chi connectivity index (χ1n) is 5.12. The first kappa shape index (κ1) is 11.3. The van der Waals surface area contributed by atoms with E-state index in [1.165, 1.54) is 0 Å². The molecule has 0 saturated heterocycles. The highest BCUT2D eigenvalue weighted by molar-refractivity contribution is 5.42. The van der Waals surface area contributed by atoms with E-state index in [0.717, 1.165) is 23.1 Å². The molecule has 1 rings (SSSR count). The summed E-state index contributed by atoms with van der Waals surface area (Å²) in [5.74, 6) is 0.373. The average molecular weight is 198 g/mol. The maximum absolute atomic E-state index is 8.97. The van der Waals surface area contributed by atoms with Gasteiger partial charge in [-0.25, -0.2) is 0 Å². The molecule has 0 amide bonds. The van der Waals surface area contributed by atoms with Crippen molar-refractivity contribution in [1.29, 1.82) is 10.5 Å². The summed E-state index contributed by atoms with van der Waals surface area (Å²) in [6, 6.07) is 9.97. The second kappa shape index (κ2) is 5.17. The number of hydrogen-bond donors (Lipinski definition) is 0. The van der Waals surface area contributed by atoms with Crippen LogP contribution in [0.2, 0.25) is 0 Å². The zero-order chi connectivity index (χ0) is 11.3. The van der Waals surface area contributed by atoms with Gasteiger partial charge in [0.1, 0.15) is 0 Å². The molecule has 0 fully saturated rings. The highest BCUT2D eigenvalue weighted by Crippen LogP contribution is 2.23. The van der Waals surface area contributed by atoms with Crippen molar-refractivity contribution in [2.45, 2.75) is 32.6 Å². The van der Waals surface area contributed by atoms with Crippen molar-refractivity contribution in [2.24, 2.45) is 0 Å². The summed E-state index contributed by atoms with van der Waals surface area (Å²) in [5.41, 5.74) is 2.78. The molecule has 0 bridgehead atoms. The van der Waals surface area contributed by atoms with E-state index in [1.54, 1.807) is 0 Å². The fraction of sp³-hybridized carbons (Fsp3) is 0.385. The Morgan fingerprint density at radius 3 is 2.60 bits per heavy atom. The first-order valence-corrected chi connectivity index (χ1v) is 5.12. The van der Waals surface area contributed by atoms with E-state index in [2.05, 4.69) is 26.0 Å². The van der Waals surface area contributed by atoms with Crippen molar-refractivity contribution < 1.29 is 0 Å². The SMILES string of the molecule is CCC(C)c1cc(CC#N)ccc1C#N. The smallest absolute Gasteiger partial charge is 0.0994 e. The van der Waals surface area contributed by atoms with Gasteiger partial charge in [0.25, 0.3) is 0 Å². The van der Waals surface area contributed by atoms with E-state index in [0.29, 0.717) is 12.3 Å². The van der Waals surface area contributed by atoms with Gasteiger partial charge in [0.05, 0.1) is 24.1 Å². The molecular weight excluding hydrogens is 184 g/mol. The van der Waals surface area contributed by atoms with E-state index in [1.807, 2.05) is 18.2 Å². The molecular formula is C13H14N2. The van der Waals surface area contributed by atoms with Gasteiger partial charge in [0.2, 0.25) is 0 Å². The maximum Gasteiger partial charge on any atom is 0.0994 e. The van der Waals surface area contributed by atoms with Gasteiger partial charge in [-0.05, 0) is 29.5 Å². The van der Waals surface area contributed by atoms with Gasteiger partial charge in [-0.3, -0.25) is 0 Å². The minimum Gasteiger partial charge on any atom is -0.198 e. The third kappa shape index (κ3) is 2.58. The van der Waals surface area contributed by atoms with Gasteiger partial charge in [0.15, 0.2) is 0 Å². The lowest BCUT2D eigenvalue weighted by Gasteiger charge is -2.11. The van der Waals surface area contributed by atoms with E-state index < -0.39 is 0 Å². The first-order chi connectivity index (χ1) is 7.22. The van der Waals surface area contributed by atoms with Gasteiger partial charge in [0, 0.05) is 0 Å². The molecule has 15 heavy (non-hydrogen) atoms. The standard InChI is InChI=1S/C13H14N2/c1-3-10(2)13-8-11(6-7-14)4-5-12(13)9-15/h4-5,8,10H,3,6H2,1-2H3. The fourth-order valence-corrected chi connectivity index (χ4v) is 1.54. The molecule has 0 aliphatic rings. The van der Waals surface area contributed by atoms with Crippen molar-refractivity contribution in [1.82, 2.24) is 0 Å². The van der Waals surface area contributed by atoms with Gasteiger partial charge >= 0.3 is 0 Å². The van der Waals surface area contributed by atoms with Gasteiger partial charge in [-0.1, -0.05) is 26.0 Å². The molecule has 0 aromatic heterocycles. The second-order valence-electron chi connectivity index (χ2n) is 3.68. The Bertz CT molecular complexity index is 421. The van der Waals surface area contributed by atoms with E-state index in [9.17, 15) is 0 Å². The summed E-state index contributed by atoms with van der Waals surface area (Å²) in [5, 5.41) is 17.6. The summed E-state index contributed by atoms with van der Waals surface area (Å²) in [6.07, 6.45) is 1.42. The maximum atomic E-state index is 8.97. The quantitative estimate of drug-likeness (QED) is 0.749. The highest BCUT2D eigenvalue weighted by Gasteiger charge is 2.09. The van der Waals surface area contributed by atoms with Crippen LogP contribution in [0, 0.1) is 22.7 Å². The third-order valence-corrected chi connectivity index (χ3v) is 2.66. The Balaban J connectivity index is 3.15. The number of rotatable bonds is 3. The van der Waals surface area contributed by atoms with E-state index in [4.69, 9.17) is 10.5 Å². The Morgan fingerprint density at radius 1 is 1.33 bits per heavy atom. The molecule has 0 saturated carbocycles. The molecule has 0 N–H and O–H groups in total. The van der Waals surface area contributed by atoms with Crippen molar-refractivity contribution in [3.63, 3.8) is 0 Å². The van der Waals surface area contributed by atoms with Crippen LogP contribution in [-0.2, 0) is 6.42 Å². The van der Waals surface area contributed by atoms with Gasteiger partial charge in [-0.15, -0.1) is 0 Å². The van der Waals surface area contributed by atoms with Crippen LogP contribution >= 0.6 is 0 Å². The van der Waals surface area contributed by atoms with Crippen LogP contribution in [0.15, 0.2) is 18.2 Å². The lowest BCUT2D eigenvalue weighted by atomic mass is 9.92. The third-order valence-electron chi connectivity index (χ3n) is 2.66. The summed E-state index contributed by atoms with van der Waals surface area (Å²) in [4.78, 5) is 0. The molecule has 0 heterocycles. The van der Waals surface area contributed by atoms with Crippen LogP contribution in [-0.4, -0.2) is 0 Å². The average Bonchev–Trinajstić information content (AvgIpc) is 2.28. The largest absolute Gasteiger partial charge is 0.198 e. The molecule has 0 aliphatic heterocycles. The molecule has 0 spiro atoms. The molecule has 2 nitrogen and oxygen atoms in total. The predicted molar refractivity (Wildman–Crippen MR) is 59.2 cm³/mol. The molecule has 76 valence electrons. The number of nitrogens with zero attached hydrogens (tertiary/aromatic N) is 2. The molecule has 1 aromatic rings. The monoisotopic (exact) mass is 198 g/mol. The zero-order valence-corrected chi connectivity index (χ0v) is 9.12. The molecule has 2 heteroatoms. The second-order valence-corrected chi connectivity index (χ2v) is 3.68. The minimum absolute atomic E-state index is 0.373. The molecule has 1 atom stereocenters. The minimum atomic E-state index is 0.373. The van der Waals surface area contributed by atoms with Crippen molar-refractivity contribution in [3.8, 4) is 12.1 Å². The highest BCUT2D eigenvalue weighted by atomic mass is 14.3. The lowest BCUT2D eigenvalue weighted by molar-refractivity contribution is 0.730. The summed E-state index contributed by atoms with van der Waals surface area (Å²) < 4.78 is 0. The summed E-state index contributed by atoms with van der Waals surface area (Å²) >= 11 is 0. The summed E-state index contributed by atoms with van der Waals surface area (Å²) in [6.45, 7) is 4.20. The zero-order valence-electron chi connectivity index (χ0n) is 9.12.